The van der Waals surface area contributed by atoms with Crippen LogP contribution in [0.2, 0.25) is 0 Å². The summed E-state index contributed by atoms with van der Waals surface area (Å²) in [7, 11) is 2.01. The maximum absolute atomic E-state index is 12.7. The van der Waals surface area contributed by atoms with Gasteiger partial charge in [0.15, 0.2) is 0 Å². The number of aryl methyl sites for hydroxylation is 2. The molecular formula is C20H30N2O2. The summed E-state index contributed by atoms with van der Waals surface area (Å²) in [5.41, 5.74) is 2.46. The first-order chi connectivity index (χ1) is 11.4. The number of rotatable bonds is 5. The van der Waals surface area contributed by atoms with E-state index < -0.39 is 0 Å². The second kappa shape index (κ2) is 5.89. The average molecular weight is 330 g/mol. The van der Waals surface area contributed by atoms with Gasteiger partial charge in [-0.3, -0.25) is 4.79 Å². The van der Waals surface area contributed by atoms with Gasteiger partial charge in [-0.15, -0.1) is 0 Å². The van der Waals surface area contributed by atoms with E-state index >= 15 is 0 Å². The molecule has 0 aromatic carbocycles. The molecule has 4 nitrogen and oxygen atoms in total. The van der Waals surface area contributed by atoms with E-state index in [0.29, 0.717) is 11.8 Å². The van der Waals surface area contributed by atoms with Crippen LogP contribution < -0.4 is 0 Å². The number of aromatic nitrogens is 1. The Morgan fingerprint density at radius 2 is 1.75 bits per heavy atom. The predicted octanol–water partition coefficient (Wildman–Crippen LogP) is 3.90. The molecule has 4 saturated carbocycles. The van der Waals surface area contributed by atoms with Crippen molar-refractivity contribution in [1.29, 1.82) is 0 Å². The minimum atomic E-state index is 0.269. The summed E-state index contributed by atoms with van der Waals surface area (Å²) in [4.78, 5) is 14.7. The van der Waals surface area contributed by atoms with E-state index in [2.05, 4.69) is 5.16 Å². The van der Waals surface area contributed by atoms with Gasteiger partial charge in [0.2, 0.25) is 5.91 Å². The summed E-state index contributed by atoms with van der Waals surface area (Å²) in [6, 6.07) is 0. The van der Waals surface area contributed by atoms with Gasteiger partial charge in [0, 0.05) is 25.6 Å². The summed E-state index contributed by atoms with van der Waals surface area (Å²) in [6.45, 7) is 4.85. The number of carbonyl (C=O) groups excluding carboxylic acids is 1. The number of hydrogen-bond donors (Lipinski definition) is 0. The van der Waals surface area contributed by atoms with Gasteiger partial charge in [-0.25, -0.2) is 0 Å². The number of nitrogens with zero attached hydrogens (tertiary/aromatic N) is 2. The number of amides is 1. The van der Waals surface area contributed by atoms with Crippen molar-refractivity contribution >= 4 is 5.91 Å². The van der Waals surface area contributed by atoms with Crippen LogP contribution in [0.5, 0.6) is 0 Å². The van der Waals surface area contributed by atoms with Gasteiger partial charge in [0.05, 0.1) is 5.69 Å². The van der Waals surface area contributed by atoms with Crippen molar-refractivity contribution < 1.29 is 9.32 Å². The van der Waals surface area contributed by atoms with Crippen LogP contribution in [0.4, 0.5) is 0 Å². The first-order valence-corrected chi connectivity index (χ1v) is 9.60. The maximum atomic E-state index is 12.7. The lowest BCUT2D eigenvalue weighted by Gasteiger charge is -2.57. The van der Waals surface area contributed by atoms with Gasteiger partial charge >= 0.3 is 0 Å². The monoisotopic (exact) mass is 330 g/mol. The fourth-order valence-electron chi connectivity index (χ4n) is 6.36. The van der Waals surface area contributed by atoms with Crippen molar-refractivity contribution in [3.05, 3.63) is 17.0 Å². The van der Waals surface area contributed by atoms with E-state index in [9.17, 15) is 4.79 Å². The molecule has 4 heteroatoms. The Bertz CT molecular complexity index is 579. The van der Waals surface area contributed by atoms with E-state index in [4.69, 9.17) is 4.52 Å². The molecule has 4 aliphatic carbocycles. The molecule has 0 atom stereocenters. The highest BCUT2D eigenvalue weighted by molar-refractivity contribution is 5.76. The third-order valence-corrected chi connectivity index (χ3v) is 6.93. The zero-order valence-corrected chi connectivity index (χ0v) is 15.3. The van der Waals surface area contributed by atoms with Gasteiger partial charge in [0.1, 0.15) is 5.76 Å². The smallest absolute Gasteiger partial charge is 0.222 e. The van der Waals surface area contributed by atoms with Crippen LogP contribution in [0.1, 0.15) is 62.0 Å². The minimum absolute atomic E-state index is 0.269. The second-order valence-electron chi connectivity index (χ2n) is 8.97. The lowest BCUT2D eigenvalue weighted by atomic mass is 9.49. The van der Waals surface area contributed by atoms with Crippen molar-refractivity contribution in [3.63, 3.8) is 0 Å². The summed E-state index contributed by atoms with van der Waals surface area (Å²) >= 11 is 0. The average Bonchev–Trinajstić information content (AvgIpc) is 2.81. The summed E-state index contributed by atoms with van der Waals surface area (Å²) in [5.74, 6) is 3.96. The van der Waals surface area contributed by atoms with Crippen LogP contribution >= 0.6 is 0 Å². The molecule has 4 aliphatic rings. The zero-order valence-electron chi connectivity index (χ0n) is 15.3. The molecule has 0 unspecified atom stereocenters. The molecule has 1 aromatic rings. The standard InChI is InChI=1S/C20H30N2O2/c1-13-18(14(2)24-21-13)4-5-19(23)22(3)12-20-9-15-6-16(10-20)8-17(7-15)11-20/h15-17H,4-12H2,1-3H3. The zero-order chi connectivity index (χ0) is 16.9. The molecule has 1 amide bonds. The molecule has 0 radical (unpaired) electrons. The highest BCUT2D eigenvalue weighted by atomic mass is 16.5. The Morgan fingerprint density at radius 1 is 1.17 bits per heavy atom. The molecule has 1 heterocycles. The Balaban J connectivity index is 1.36. The van der Waals surface area contributed by atoms with Crippen molar-refractivity contribution in [2.75, 3.05) is 13.6 Å². The van der Waals surface area contributed by atoms with E-state index in [0.717, 1.165) is 47.7 Å². The van der Waals surface area contributed by atoms with Gasteiger partial charge in [-0.2, -0.15) is 0 Å². The molecule has 0 saturated heterocycles. The quantitative estimate of drug-likeness (QED) is 0.822. The summed E-state index contributed by atoms with van der Waals surface area (Å²) < 4.78 is 5.20. The Hall–Kier alpha value is -1.32. The first kappa shape index (κ1) is 16.2. The molecule has 4 fully saturated rings. The first-order valence-electron chi connectivity index (χ1n) is 9.60. The SMILES string of the molecule is Cc1noc(C)c1CCC(=O)N(C)CC12CC3CC(CC(C3)C1)C2. The Labute approximate surface area is 145 Å². The fraction of sp³-hybridized carbons (Fsp3) is 0.800. The molecule has 4 bridgehead atoms. The van der Waals surface area contributed by atoms with E-state index in [1.807, 2.05) is 25.8 Å². The van der Waals surface area contributed by atoms with Gasteiger partial charge in [-0.05, 0) is 82.0 Å². The molecule has 24 heavy (non-hydrogen) atoms. The second-order valence-corrected chi connectivity index (χ2v) is 8.97. The number of carbonyl (C=O) groups is 1. The molecule has 0 aliphatic heterocycles. The minimum Gasteiger partial charge on any atom is -0.361 e. The molecular weight excluding hydrogens is 300 g/mol. The third-order valence-electron chi connectivity index (χ3n) is 6.93. The highest BCUT2D eigenvalue weighted by Crippen LogP contribution is 2.60. The molecule has 0 N–H and O–H groups in total. The lowest BCUT2D eigenvalue weighted by Crippen LogP contribution is -2.51. The van der Waals surface area contributed by atoms with E-state index in [-0.39, 0.29) is 5.91 Å². The van der Waals surface area contributed by atoms with Crippen LogP contribution in [0, 0.1) is 37.0 Å². The van der Waals surface area contributed by atoms with Crippen molar-refractivity contribution in [3.8, 4) is 0 Å². The fourth-order valence-corrected chi connectivity index (χ4v) is 6.36. The Kier molecular flexibility index (Phi) is 3.97. The van der Waals surface area contributed by atoms with Crippen molar-refractivity contribution in [2.45, 2.75) is 65.2 Å². The maximum Gasteiger partial charge on any atom is 0.222 e. The third kappa shape index (κ3) is 2.89. The lowest BCUT2D eigenvalue weighted by molar-refractivity contribution is -0.135. The molecule has 1 aromatic heterocycles. The highest BCUT2D eigenvalue weighted by Gasteiger charge is 2.51. The van der Waals surface area contributed by atoms with E-state index in [1.54, 1.807) is 0 Å². The summed E-state index contributed by atoms with van der Waals surface area (Å²) in [5, 5.41) is 3.99. The van der Waals surface area contributed by atoms with Crippen LogP contribution in [0.3, 0.4) is 0 Å². The van der Waals surface area contributed by atoms with Crippen LogP contribution in [-0.4, -0.2) is 29.6 Å². The predicted molar refractivity (Wildman–Crippen MR) is 92.5 cm³/mol. The largest absolute Gasteiger partial charge is 0.361 e. The molecule has 132 valence electrons. The summed E-state index contributed by atoms with van der Waals surface area (Å²) in [6.07, 6.45) is 9.77. The van der Waals surface area contributed by atoms with Gasteiger partial charge in [-0.1, -0.05) is 5.16 Å². The van der Waals surface area contributed by atoms with Gasteiger partial charge in [0.25, 0.3) is 0 Å². The number of hydrogen-bond acceptors (Lipinski definition) is 3. The van der Waals surface area contributed by atoms with Crippen molar-refractivity contribution in [1.82, 2.24) is 10.1 Å². The normalized spacial score (nSPS) is 33.9. The van der Waals surface area contributed by atoms with E-state index in [1.165, 1.54) is 38.5 Å². The van der Waals surface area contributed by atoms with Crippen molar-refractivity contribution in [2.24, 2.45) is 23.2 Å². The Morgan fingerprint density at radius 3 is 2.25 bits per heavy atom. The van der Waals surface area contributed by atoms with Gasteiger partial charge < -0.3 is 9.42 Å². The van der Waals surface area contributed by atoms with Crippen LogP contribution in [-0.2, 0) is 11.2 Å². The molecule has 0 spiro atoms. The van der Waals surface area contributed by atoms with Crippen LogP contribution in [0.15, 0.2) is 4.52 Å². The topological polar surface area (TPSA) is 46.3 Å². The molecule has 5 rings (SSSR count). The van der Waals surface area contributed by atoms with Crippen LogP contribution in [0.25, 0.3) is 0 Å².